The maximum atomic E-state index is 13.8. The lowest BCUT2D eigenvalue weighted by Gasteiger charge is -2.04. The normalized spacial score (nSPS) is 10.9. The Labute approximate surface area is 145 Å². The zero-order valence-corrected chi connectivity index (χ0v) is 14.5. The van der Waals surface area contributed by atoms with Crippen LogP contribution in [0.25, 0.3) is 5.69 Å². The lowest BCUT2D eigenvalue weighted by Crippen LogP contribution is -2.12. The van der Waals surface area contributed by atoms with Crippen LogP contribution in [0.1, 0.15) is 23.4 Å². The second kappa shape index (κ2) is 6.88. The average molecular weight is 341 g/mol. The molecule has 0 fully saturated rings. The Balaban J connectivity index is 1.63. The molecule has 0 saturated carbocycles. The van der Waals surface area contributed by atoms with Crippen molar-refractivity contribution in [1.82, 2.24) is 19.6 Å². The van der Waals surface area contributed by atoms with Crippen molar-refractivity contribution in [2.75, 3.05) is 5.32 Å². The van der Waals surface area contributed by atoms with E-state index in [0.717, 1.165) is 17.0 Å². The molecule has 130 valence electrons. The number of nitrogens with zero attached hydrogens (tertiary/aromatic N) is 4. The van der Waals surface area contributed by atoms with E-state index in [1.165, 1.54) is 16.9 Å². The molecule has 7 heteroatoms. The van der Waals surface area contributed by atoms with Gasteiger partial charge in [-0.15, -0.1) is 0 Å². The van der Waals surface area contributed by atoms with Crippen LogP contribution >= 0.6 is 0 Å². The zero-order chi connectivity index (χ0) is 18.0. The average Bonchev–Trinajstić information content (AvgIpc) is 3.12. The second-order valence-corrected chi connectivity index (χ2v) is 5.95. The number of aryl methyl sites for hydroxylation is 2. The van der Waals surface area contributed by atoms with Crippen molar-refractivity contribution in [3.05, 3.63) is 59.4 Å². The van der Waals surface area contributed by atoms with Gasteiger partial charge in [0.15, 0.2) is 0 Å². The summed E-state index contributed by atoms with van der Waals surface area (Å²) in [6.07, 6.45) is 4.07. The van der Waals surface area contributed by atoms with Gasteiger partial charge >= 0.3 is 0 Å². The van der Waals surface area contributed by atoms with Crippen molar-refractivity contribution in [2.45, 2.75) is 26.7 Å². The molecule has 2 heterocycles. The molecule has 1 amide bonds. The molecule has 0 saturated heterocycles. The van der Waals surface area contributed by atoms with E-state index in [0.29, 0.717) is 24.2 Å². The van der Waals surface area contributed by atoms with Crippen molar-refractivity contribution >= 4 is 11.6 Å². The molecule has 0 atom stereocenters. The molecule has 25 heavy (non-hydrogen) atoms. The molecule has 1 aromatic carbocycles. The van der Waals surface area contributed by atoms with Crippen LogP contribution in [-0.2, 0) is 18.3 Å². The van der Waals surface area contributed by atoms with Gasteiger partial charge in [-0.05, 0) is 38.0 Å². The number of halogens is 1. The smallest absolute Gasteiger partial charge is 0.224 e. The third-order valence-corrected chi connectivity index (χ3v) is 4.23. The summed E-state index contributed by atoms with van der Waals surface area (Å²) in [5.41, 5.74) is 3.98. The molecule has 0 aliphatic heterocycles. The van der Waals surface area contributed by atoms with Gasteiger partial charge in [0.25, 0.3) is 0 Å². The van der Waals surface area contributed by atoms with E-state index in [-0.39, 0.29) is 11.7 Å². The highest BCUT2D eigenvalue weighted by molar-refractivity contribution is 5.90. The van der Waals surface area contributed by atoms with Gasteiger partial charge in [-0.1, -0.05) is 12.1 Å². The van der Waals surface area contributed by atoms with Crippen LogP contribution in [0.15, 0.2) is 36.7 Å². The standard InChI is InChI=1S/C18H20FN5O/c1-12-15(13(2)23(3)22-12)8-9-18(25)21-14-10-20-24(11-14)17-7-5-4-6-16(17)19/h4-7,10-11H,8-9H2,1-3H3,(H,21,25). The molecule has 3 rings (SSSR count). The van der Waals surface area contributed by atoms with Crippen LogP contribution < -0.4 is 5.32 Å². The summed E-state index contributed by atoms with van der Waals surface area (Å²) >= 11 is 0. The van der Waals surface area contributed by atoms with Crippen LogP contribution in [-0.4, -0.2) is 25.5 Å². The molecule has 0 radical (unpaired) electrons. The summed E-state index contributed by atoms with van der Waals surface area (Å²) < 4.78 is 17.0. The minimum absolute atomic E-state index is 0.115. The predicted octanol–water partition coefficient (Wildman–Crippen LogP) is 2.93. The lowest BCUT2D eigenvalue weighted by atomic mass is 10.1. The second-order valence-electron chi connectivity index (χ2n) is 5.95. The molecule has 0 spiro atoms. The number of amides is 1. The number of nitrogens with one attached hydrogen (secondary N) is 1. The van der Waals surface area contributed by atoms with E-state index < -0.39 is 0 Å². The van der Waals surface area contributed by atoms with Crippen molar-refractivity contribution in [1.29, 1.82) is 0 Å². The van der Waals surface area contributed by atoms with E-state index in [2.05, 4.69) is 15.5 Å². The Morgan fingerprint density at radius 3 is 2.72 bits per heavy atom. The van der Waals surface area contributed by atoms with Gasteiger partial charge < -0.3 is 5.32 Å². The maximum absolute atomic E-state index is 13.8. The van der Waals surface area contributed by atoms with E-state index in [1.807, 2.05) is 25.6 Å². The van der Waals surface area contributed by atoms with Crippen LogP contribution in [0, 0.1) is 19.7 Å². The minimum Gasteiger partial charge on any atom is -0.323 e. The highest BCUT2D eigenvalue weighted by atomic mass is 19.1. The summed E-state index contributed by atoms with van der Waals surface area (Å²) in [5.74, 6) is -0.484. The van der Waals surface area contributed by atoms with Crippen molar-refractivity contribution in [2.24, 2.45) is 7.05 Å². The molecular weight excluding hydrogens is 321 g/mol. The predicted molar refractivity (Wildman–Crippen MR) is 93.2 cm³/mol. The van der Waals surface area contributed by atoms with E-state index in [1.54, 1.807) is 24.4 Å². The summed E-state index contributed by atoms with van der Waals surface area (Å²) in [6, 6.07) is 6.35. The molecule has 0 bridgehead atoms. The number of hydrogen-bond donors (Lipinski definition) is 1. The molecule has 3 aromatic rings. The summed E-state index contributed by atoms with van der Waals surface area (Å²) in [6.45, 7) is 3.93. The number of para-hydroxylation sites is 1. The first kappa shape index (κ1) is 16.9. The molecule has 0 aliphatic carbocycles. The van der Waals surface area contributed by atoms with Crippen LogP contribution in [0.4, 0.5) is 10.1 Å². The van der Waals surface area contributed by atoms with E-state index in [4.69, 9.17) is 0 Å². The first-order valence-corrected chi connectivity index (χ1v) is 8.04. The number of carbonyl (C=O) groups is 1. The van der Waals surface area contributed by atoms with Crippen LogP contribution in [0.5, 0.6) is 0 Å². The van der Waals surface area contributed by atoms with Crippen molar-refractivity contribution in [3.8, 4) is 5.69 Å². The highest BCUT2D eigenvalue weighted by Gasteiger charge is 2.12. The van der Waals surface area contributed by atoms with Crippen molar-refractivity contribution in [3.63, 3.8) is 0 Å². The number of aromatic nitrogens is 4. The zero-order valence-electron chi connectivity index (χ0n) is 14.5. The maximum Gasteiger partial charge on any atom is 0.224 e. The fraction of sp³-hybridized carbons (Fsp3) is 0.278. The van der Waals surface area contributed by atoms with Gasteiger partial charge in [0, 0.05) is 19.2 Å². The number of anilines is 1. The minimum atomic E-state index is -0.369. The first-order valence-electron chi connectivity index (χ1n) is 8.04. The molecule has 1 N–H and O–H groups in total. The largest absolute Gasteiger partial charge is 0.323 e. The Morgan fingerprint density at radius 1 is 1.28 bits per heavy atom. The number of benzene rings is 1. The van der Waals surface area contributed by atoms with Gasteiger partial charge in [0.05, 0.1) is 23.8 Å². The third kappa shape index (κ3) is 3.60. The summed E-state index contributed by atoms with van der Waals surface area (Å²) in [7, 11) is 1.89. The van der Waals surface area contributed by atoms with E-state index in [9.17, 15) is 9.18 Å². The quantitative estimate of drug-likeness (QED) is 0.776. The van der Waals surface area contributed by atoms with E-state index >= 15 is 0 Å². The van der Waals surface area contributed by atoms with Gasteiger partial charge in [-0.25, -0.2) is 9.07 Å². The molecule has 6 nitrogen and oxygen atoms in total. The fourth-order valence-corrected chi connectivity index (χ4v) is 2.80. The van der Waals surface area contributed by atoms with Gasteiger partial charge in [0.2, 0.25) is 5.91 Å². The van der Waals surface area contributed by atoms with Crippen LogP contribution in [0.3, 0.4) is 0 Å². The molecular formula is C18H20FN5O. The Hall–Kier alpha value is -2.96. The fourth-order valence-electron chi connectivity index (χ4n) is 2.80. The Bertz CT molecular complexity index is 912. The van der Waals surface area contributed by atoms with Gasteiger partial charge in [0.1, 0.15) is 11.5 Å². The first-order chi connectivity index (χ1) is 12.0. The van der Waals surface area contributed by atoms with Gasteiger partial charge in [-0.3, -0.25) is 9.48 Å². The monoisotopic (exact) mass is 341 g/mol. The van der Waals surface area contributed by atoms with Crippen molar-refractivity contribution < 1.29 is 9.18 Å². The molecule has 2 aromatic heterocycles. The topological polar surface area (TPSA) is 64.7 Å². The van der Waals surface area contributed by atoms with Gasteiger partial charge in [-0.2, -0.15) is 10.2 Å². The molecule has 0 unspecified atom stereocenters. The number of rotatable bonds is 5. The third-order valence-electron chi connectivity index (χ3n) is 4.23. The summed E-state index contributed by atoms with van der Waals surface area (Å²) in [5, 5.41) is 11.2. The SMILES string of the molecule is Cc1nn(C)c(C)c1CCC(=O)Nc1cnn(-c2ccccc2F)c1. The lowest BCUT2D eigenvalue weighted by molar-refractivity contribution is -0.116. The molecule has 0 aliphatic rings. The number of carbonyl (C=O) groups excluding carboxylic acids is 1. The highest BCUT2D eigenvalue weighted by Crippen LogP contribution is 2.17. The Morgan fingerprint density at radius 2 is 2.04 bits per heavy atom. The van der Waals surface area contributed by atoms with Crippen LogP contribution in [0.2, 0.25) is 0 Å². The number of hydrogen-bond acceptors (Lipinski definition) is 3. The summed E-state index contributed by atoms with van der Waals surface area (Å²) in [4.78, 5) is 12.2. The Kier molecular flexibility index (Phi) is 4.65.